The summed E-state index contributed by atoms with van der Waals surface area (Å²) in [7, 11) is -2.72. The highest BCUT2D eigenvalue weighted by atomic mass is 35.5. The van der Waals surface area contributed by atoms with Crippen LogP contribution in [-0.2, 0) is 10.0 Å². The van der Waals surface area contributed by atoms with Crippen LogP contribution in [-0.4, -0.2) is 21.4 Å². The molecule has 29 heavy (non-hydrogen) atoms. The molecule has 0 heterocycles. The number of nitrogens with one attached hydrogen (secondary N) is 1. The van der Waals surface area contributed by atoms with E-state index in [2.05, 4.69) is 5.32 Å². The van der Waals surface area contributed by atoms with Gasteiger partial charge < -0.3 is 5.32 Å². The first kappa shape index (κ1) is 20.8. The molecule has 0 aliphatic carbocycles. The average molecular weight is 437 g/mol. The Morgan fingerprint density at radius 1 is 0.931 bits per heavy atom. The molecule has 1 N–H and O–H groups in total. The number of hydrogen-bond donors (Lipinski definition) is 1. The summed E-state index contributed by atoms with van der Waals surface area (Å²) < 4.78 is 52.9. The first-order valence-electron chi connectivity index (χ1n) is 8.29. The number of halogens is 3. The molecular weight excluding hydrogens is 422 g/mol. The molecule has 9 heteroatoms. The fourth-order valence-electron chi connectivity index (χ4n) is 2.52. The van der Waals surface area contributed by atoms with E-state index in [4.69, 9.17) is 11.6 Å². The van der Waals surface area contributed by atoms with Crippen LogP contribution < -0.4 is 9.62 Å². The second kappa shape index (κ2) is 8.18. The highest BCUT2D eigenvalue weighted by Gasteiger charge is 2.24. The molecule has 150 valence electrons. The third-order valence-electron chi connectivity index (χ3n) is 4.13. The molecule has 3 aromatic rings. The van der Waals surface area contributed by atoms with Crippen molar-refractivity contribution in [3.05, 3.63) is 89.0 Å². The van der Waals surface area contributed by atoms with E-state index in [-0.39, 0.29) is 21.2 Å². The zero-order valence-electron chi connectivity index (χ0n) is 15.1. The fourth-order valence-corrected chi connectivity index (χ4v) is 3.94. The molecular formula is C20H15ClF2N2O3S. The average Bonchev–Trinajstić information content (AvgIpc) is 2.70. The van der Waals surface area contributed by atoms with Gasteiger partial charge >= 0.3 is 0 Å². The minimum absolute atomic E-state index is 0.0491. The minimum Gasteiger partial charge on any atom is -0.322 e. The number of rotatable bonds is 5. The van der Waals surface area contributed by atoms with Crippen molar-refractivity contribution >= 4 is 38.9 Å². The summed E-state index contributed by atoms with van der Waals surface area (Å²) in [6.45, 7) is 0. The maximum atomic E-state index is 13.1. The van der Waals surface area contributed by atoms with Crippen molar-refractivity contribution in [3.8, 4) is 0 Å². The van der Waals surface area contributed by atoms with Crippen LogP contribution in [0.3, 0.4) is 0 Å². The normalized spacial score (nSPS) is 11.2. The lowest BCUT2D eigenvalue weighted by molar-refractivity contribution is 0.102. The molecule has 3 aromatic carbocycles. The lowest BCUT2D eigenvalue weighted by Gasteiger charge is -2.20. The van der Waals surface area contributed by atoms with Gasteiger partial charge in [-0.15, -0.1) is 0 Å². The van der Waals surface area contributed by atoms with Gasteiger partial charge in [-0.1, -0.05) is 11.6 Å². The number of amides is 1. The van der Waals surface area contributed by atoms with Crippen LogP contribution in [0.2, 0.25) is 5.02 Å². The van der Waals surface area contributed by atoms with Crippen LogP contribution in [0.4, 0.5) is 20.2 Å². The molecule has 0 aliphatic rings. The van der Waals surface area contributed by atoms with Gasteiger partial charge in [0.25, 0.3) is 15.9 Å². The maximum absolute atomic E-state index is 13.1. The predicted octanol–water partition coefficient (Wildman–Crippen LogP) is 4.70. The van der Waals surface area contributed by atoms with Gasteiger partial charge in [0.05, 0.1) is 21.2 Å². The van der Waals surface area contributed by atoms with Crippen LogP contribution in [0.25, 0.3) is 0 Å². The number of carbonyl (C=O) groups is 1. The van der Waals surface area contributed by atoms with Crippen molar-refractivity contribution in [3.63, 3.8) is 0 Å². The number of sulfonamides is 1. The Bertz CT molecular complexity index is 1150. The Kier molecular flexibility index (Phi) is 5.86. The van der Waals surface area contributed by atoms with E-state index in [9.17, 15) is 22.0 Å². The van der Waals surface area contributed by atoms with Gasteiger partial charge in [0, 0.05) is 12.7 Å². The Labute approximate surface area is 171 Å². The third-order valence-corrected chi connectivity index (χ3v) is 6.24. The van der Waals surface area contributed by atoms with E-state index in [1.165, 1.54) is 55.6 Å². The molecule has 0 spiro atoms. The number of hydrogen-bond acceptors (Lipinski definition) is 3. The topological polar surface area (TPSA) is 66.5 Å². The van der Waals surface area contributed by atoms with E-state index >= 15 is 0 Å². The van der Waals surface area contributed by atoms with Crippen LogP contribution in [0.15, 0.2) is 71.6 Å². The Balaban J connectivity index is 1.91. The van der Waals surface area contributed by atoms with Crippen molar-refractivity contribution < 1.29 is 22.0 Å². The van der Waals surface area contributed by atoms with E-state index < -0.39 is 27.6 Å². The van der Waals surface area contributed by atoms with E-state index in [0.717, 1.165) is 22.5 Å². The quantitative estimate of drug-likeness (QED) is 0.630. The van der Waals surface area contributed by atoms with Gasteiger partial charge in [-0.3, -0.25) is 9.10 Å². The molecule has 0 aliphatic heterocycles. The summed E-state index contributed by atoms with van der Waals surface area (Å²) in [5.74, 6) is -1.60. The van der Waals surface area contributed by atoms with E-state index in [1.807, 2.05) is 0 Å². The first-order chi connectivity index (χ1) is 13.7. The van der Waals surface area contributed by atoms with Crippen LogP contribution in [0.5, 0.6) is 0 Å². The van der Waals surface area contributed by atoms with Gasteiger partial charge in [0.15, 0.2) is 0 Å². The number of nitrogens with zero attached hydrogens (tertiary/aromatic N) is 1. The van der Waals surface area contributed by atoms with Crippen molar-refractivity contribution in [2.45, 2.75) is 4.90 Å². The largest absolute Gasteiger partial charge is 0.322 e. The number of benzene rings is 3. The van der Waals surface area contributed by atoms with Crippen LogP contribution in [0.1, 0.15) is 10.4 Å². The predicted molar refractivity (Wildman–Crippen MR) is 108 cm³/mol. The summed E-state index contributed by atoms with van der Waals surface area (Å²) in [4.78, 5) is 12.4. The summed E-state index contributed by atoms with van der Waals surface area (Å²) in [5.41, 5.74) is 0.507. The summed E-state index contributed by atoms with van der Waals surface area (Å²) in [5, 5.41) is 2.58. The molecule has 0 saturated carbocycles. The van der Waals surface area contributed by atoms with Crippen LogP contribution >= 0.6 is 11.6 Å². The lowest BCUT2D eigenvalue weighted by atomic mass is 10.2. The molecule has 0 aromatic heterocycles. The second-order valence-corrected chi connectivity index (χ2v) is 8.43. The smallest absolute Gasteiger partial charge is 0.264 e. The molecule has 0 saturated heterocycles. The van der Waals surface area contributed by atoms with E-state index in [0.29, 0.717) is 5.69 Å². The Hall–Kier alpha value is -2.97. The lowest BCUT2D eigenvalue weighted by Crippen LogP contribution is -2.27. The van der Waals surface area contributed by atoms with Gasteiger partial charge in [-0.25, -0.2) is 17.2 Å². The molecule has 1 amide bonds. The monoisotopic (exact) mass is 436 g/mol. The van der Waals surface area contributed by atoms with Crippen LogP contribution in [0, 0.1) is 11.6 Å². The van der Waals surface area contributed by atoms with Gasteiger partial charge in [-0.2, -0.15) is 0 Å². The summed E-state index contributed by atoms with van der Waals surface area (Å²) in [6, 6.07) is 13.7. The fraction of sp³-hybridized carbons (Fsp3) is 0.0500. The molecule has 0 bridgehead atoms. The minimum atomic E-state index is -4.03. The van der Waals surface area contributed by atoms with E-state index in [1.54, 1.807) is 0 Å². The molecule has 0 unspecified atom stereocenters. The molecule has 5 nitrogen and oxygen atoms in total. The molecule has 0 fully saturated rings. The molecule has 0 radical (unpaired) electrons. The SMILES string of the molecule is CN(c1ccc(F)cc1)S(=O)(=O)c1ccc(Cl)c(C(=O)Nc2ccc(F)cc2)c1. The van der Waals surface area contributed by atoms with Gasteiger partial charge in [0.2, 0.25) is 0 Å². The van der Waals surface area contributed by atoms with Gasteiger partial charge in [-0.05, 0) is 66.7 Å². The molecule has 3 rings (SSSR count). The number of anilines is 2. The second-order valence-electron chi connectivity index (χ2n) is 6.05. The van der Waals surface area contributed by atoms with Crippen molar-refractivity contribution in [2.75, 3.05) is 16.7 Å². The summed E-state index contributed by atoms with van der Waals surface area (Å²) in [6.07, 6.45) is 0. The van der Waals surface area contributed by atoms with Crippen molar-refractivity contribution in [2.24, 2.45) is 0 Å². The van der Waals surface area contributed by atoms with Gasteiger partial charge in [0.1, 0.15) is 11.6 Å². The standard InChI is InChI=1S/C20H15ClF2N2O3S/c1-25(16-8-4-14(23)5-9-16)29(27,28)17-10-11-19(21)18(12-17)20(26)24-15-6-2-13(22)3-7-15/h2-12H,1H3,(H,24,26). The number of carbonyl (C=O) groups excluding carboxylic acids is 1. The maximum Gasteiger partial charge on any atom is 0.264 e. The van der Waals surface area contributed by atoms with Crippen molar-refractivity contribution in [1.29, 1.82) is 0 Å². The Morgan fingerprint density at radius 3 is 2.07 bits per heavy atom. The third kappa shape index (κ3) is 4.55. The highest BCUT2D eigenvalue weighted by Crippen LogP contribution is 2.26. The summed E-state index contributed by atoms with van der Waals surface area (Å²) >= 11 is 6.08. The highest BCUT2D eigenvalue weighted by molar-refractivity contribution is 7.92. The zero-order chi connectivity index (χ0) is 21.2. The molecule has 0 atom stereocenters. The zero-order valence-corrected chi connectivity index (χ0v) is 16.6. The van der Waals surface area contributed by atoms with Crippen molar-refractivity contribution in [1.82, 2.24) is 0 Å². The Morgan fingerprint density at radius 2 is 1.48 bits per heavy atom. The first-order valence-corrected chi connectivity index (χ1v) is 10.1.